The van der Waals surface area contributed by atoms with E-state index in [0.29, 0.717) is 55.7 Å². The number of rotatable bonds is 6. The van der Waals surface area contributed by atoms with Crippen molar-refractivity contribution in [3.8, 4) is 0 Å². The minimum atomic E-state index is -1.42. The number of aryl methyl sites for hydroxylation is 1. The fraction of sp³-hybridized carbons (Fsp3) is 0.571. The molecule has 3 amide bonds. The minimum Gasteiger partial charge on any atom is -0.350 e. The lowest BCUT2D eigenvalue weighted by molar-refractivity contribution is -0.152. The number of fused-ring (bicyclic) bond motifs is 3. The summed E-state index contributed by atoms with van der Waals surface area (Å²) in [6, 6.07) is 3.09. The lowest BCUT2D eigenvalue weighted by atomic mass is 9.68. The van der Waals surface area contributed by atoms with Gasteiger partial charge in [-0.1, -0.05) is 12.1 Å². The Morgan fingerprint density at radius 3 is 2.53 bits per heavy atom. The second-order valence-electron chi connectivity index (χ2n) is 12.2. The summed E-state index contributed by atoms with van der Waals surface area (Å²) in [5, 5.41) is 14.9. The summed E-state index contributed by atoms with van der Waals surface area (Å²) in [4.78, 5) is 64.3. The molecule has 1 aromatic carbocycles. The molecule has 5 heterocycles. The normalized spacial score (nSPS) is 29.0. The SMILES string of the molecule is Cc1cc(CNC(=O)C2N=C3N(CC4(Cn5ncnn5)CCC3(N(C)C(=O)C(=O)N(C)C)CC4)C3OC3C2=O)ccc1F. The van der Waals surface area contributed by atoms with Gasteiger partial charge < -0.3 is 24.8 Å². The largest absolute Gasteiger partial charge is 0.350 e. The number of ether oxygens (including phenoxy) is 1. The number of amidine groups is 1. The number of aromatic nitrogens is 4. The van der Waals surface area contributed by atoms with E-state index in [1.807, 2.05) is 4.90 Å². The van der Waals surface area contributed by atoms with Gasteiger partial charge in [-0.2, -0.15) is 4.80 Å². The molecule has 3 atom stereocenters. The summed E-state index contributed by atoms with van der Waals surface area (Å²) < 4.78 is 19.6. The molecule has 1 aromatic heterocycles. The first-order valence-corrected chi connectivity index (χ1v) is 14.2. The van der Waals surface area contributed by atoms with Crippen molar-refractivity contribution in [2.24, 2.45) is 10.4 Å². The van der Waals surface area contributed by atoms with Gasteiger partial charge in [0, 0.05) is 39.6 Å². The number of Topliss-reactive ketones (excluding diaryl/α,β-unsaturated/α-hetero) is 1. The molecule has 1 aliphatic carbocycles. The molecule has 43 heavy (non-hydrogen) atoms. The number of hydrogen-bond acceptors (Lipinski definition) is 10. The Labute approximate surface area is 247 Å². The molecule has 2 aromatic rings. The third-order valence-electron chi connectivity index (χ3n) is 9.25. The van der Waals surface area contributed by atoms with Crippen molar-refractivity contribution in [3.63, 3.8) is 0 Å². The summed E-state index contributed by atoms with van der Waals surface area (Å²) in [6.45, 7) is 2.58. The van der Waals surface area contributed by atoms with Gasteiger partial charge in [0.25, 0.3) is 5.91 Å². The number of nitrogens with one attached hydrogen (secondary N) is 1. The maximum absolute atomic E-state index is 13.8. The Hall–Kier alpha value is -4.27. The van der Waals surface area contributed by atoms with Crippen molar-refractivity contribution in [3.05, 3.63) is 41.5 Å². The number of likely N-dealkylation sites (N-methyl/N-ethyl adjacent to an activating group) is 2. The lowest BCUT2D eigenvalue weighted by Crippen LogP contribution is -2.62. The number of halogens is 1. The van der Waals surface area contributed by atoms with Crippen LogP contribution < -0.4 is 5.32 Å². The summed E-state index contributed by atoms with van der Waals surface area (Å²) in [5.74, 6) is -2.46. The van der Waals surface area contributed by atoms with E-state index in [-0.39, 0.29) is 17.8 Å². The van der Waals surface area contributed by atoms with E-state index in [4.69, 9.17) is 9.73 Å². The second-order valence-corrected chi connectivity index (χ2v) is 12.2. The molecule has 0 spiro atoms. The quantitative estimate of drug-likeness (QED) is 0.268. The van der Waals surface area contributed by atoms with Gasteiger partial charge in [0.05, 0.1) is 6.54 Å². The molecule has 4 aliphatic heterocycles. The van der Waals surface area contributed by atoms with E-state index >= 15 is 0 Å². The standard InChI is InChI=1S/C28H34FN9O5/c1-16-11-17(5-6-18(16)29)12-30-22(40)19-20(39)21-25(43-21)37-13-27(14-38-32-15-31-34-38)7-9-28(10-8-27,26(37)33-19)36(4)24(42)23(41)35(2)3/h5-6,11,15,19,21,25H,7-10,12-14H2,1-4H3,(H,30,40). The first kappa shape index (κ1) is 28.8. The van der Waals surface area contributed by atoms with E-state index in [2.05, 4.69) is 20.7 Å². The zero-order chi connectivity index (χ0) is 30.7. The van der Waals surface area contributed by atoms with E-state index in [1.165, 1.54) is 41.1 Å². The second kappa shape index (κ2) is 10.5. The zero-order valence-electron chi connectivity index (χ0n) is 24.5. The fourth-order valence-corrected chi connectivity index (χ4v) is 6.65. The van der Waals surface area contributed by atoms with Gasteiger partial charge in [-0.05, 0) is 55.0 Å². The average molecular weight is 596 g/mol. The van der Waals surface area contributed by atoms with Crippen molar-refractivity contribution in [2.75, 3.05) is 27.7 Å². The molecule has 1 N–H and O–H groups in total. The summed E-state index contributed by atoms with van der Waals surface area (Å²) >= 11 is 0. The van der Waals surface area contributed by atoms with Gasteiger partial charge in [-0.15, -0.1) is 10.2 Å². The maximum atomic E-state index is 13.8. The molecule has 1 saturated carbocycles. The van der Waals surface area contributed by atoms with Crippen molar-refractivity contribution in [2.45, 2.75) is 69.6 Å². The molecule has 5 aliphatic rings. The Morgan fingerprint density at radius 2 is 1.88 bits per heavy atom. The van der Waals surface area contributed by atoms with Crippen LogP contribution in [0.3, 0.4) is 0 Å². The molecule has 4 fully saturated rings. The molecule has 228 valence electrons. The maximum Gasteiger partial charge on any atom is 0.312 e. The molecule has 3 unspecified atom stereocenters. The van der Waals surface area contributed by atoms with Crippen molar-refractivity contribution in [1.29, 1.82) is 0 Å². The van der Waals surface area contributed by atoms with Gasteiger partial charge in [0.15, 0.2) is 30.5 Å². The van der Waals surface area contributed by atoms with Crippen LogP contribution in [0, 0.1) is 18.2 Å². The Morgan fingerprint density at radius 1 is 1.14 bits per heavy atom. The highest BCUT2D eigenvalue weighted by atomic mass is 19.1. The van der Waals surface area contributed by atoms with E-state index < -0.39 is 47.4 Å². The molecule has 15 heteroatoms. The Kier molecular flexibility index (Phi) is 7.02. The van der Waals surface area contributed by atoms with Crippen LogP contribution in [-0.2, 0) is 37.0 Å². The summed E-state index contributed by atoms with van der Waals surface area (Å²) in [5.41, 5.74) is -0.317. The van der Waals surface area contributed by atoms with Gasteiger partial charge in [0.1, 0.15) is 17.2 Å². The molecule has 14 nitrogen and oxygen atoms in total. The highest BCUT2D eigenvalue weighted by Gasteiger charge is 2.64. The van der Waals surface area contributed by atoms with Gasteiger partial charge in [0.2, 0.25) is 0 Å². The molecule has 0 radical (unpaired) electrons. The average Bonchev–Trinajstić information content (AvgIpc) is 3.70. The van der Waals surface area contributed by atoms with Crippen LogP contribution in [0.15, 0.2) is 29.5 Å². The predicted molar refractivity (Wildman–Crippen MR) is 147 cm³/mol. The fourth-order valence-electron chi connectivity index (χ4n) is 6.65. The Balaban J connectivity index is 1.38. The van der Waals surface area contributed by atoms with Crippen LogP contribution in [0.25, 0.3) is 0 Å². The van der Waals surface area contributed by atoms with Crippen LogP contribution in [-0.4, -0.2) is 116 Å². The lowest BCUT2D eigenvalue weighted by Gasteiger charge is -2.46. The predicted octanol–water partition coefficient (Wildman–Crippen LogP) is -0.327. The zero-order valence-corrected chi connectivity index (χ0v) is 24.5. The van der Waals surface area contributed by atoms with Crippen LogP contribution in [0.4, 0.5) is 4.39 Å². The first-order chi connectivity index (χ1) is 20.4. The number of epoxide rings is 1. The third kappa shape index (κ3) is 4.94. The third-order valence-corrected chi connectivity index (χ3v) is 9.25. The monoisotopic (exact) mass is 595 g/mol. The number of hydrogen-bond donors (Lipinski definition) is 1. The van der Waals surface area contributed by atoms with E-state index in [1.54, 1.807) is 26.1 Å². The highest BCUT2D eigenvalue weighted by molar-refractivity contribution is 6.35. The van der Waals surface area contributed by atoms with Gasteiger partial charge in [-0.25, -0.2) is 9.38 Å². The molecular formula is C28H34FN9O5. The number of carbonyl (C=O) groups is 4. The van der Waals surface area contributed by atoms with Crippen molar-refractivity contribution in [1.82, 2.24) is 40.2 Å². The van der Waals surface area contributed by atoms with Crippen molar-refractivity contribution >= 4 is 29.3 Å². The van der Waals surface area contributed by atoms with Crippen LogP contribution in [0.1, 0.15) is 36.8 Å². The number of ketones is 1. The number of aliphatic imine (C=N–C) groups is 1. The first-order valence-electron chi connectivity index (χ1n) is 14.2. The van der Waals surface area contributed by atoms with Gasteiger partial charge >= 0.3 is 11.8 Å². The molecule has 2 bridgehead atoms. The van der Waals surface area contributed by atoms with Crippen molar-refractivity contribution < 1.29 is 28.3 Å². The summed E-state index contributed by atoms with van der Waals surface area (Å²) in [7, 11) is 4.59. The number of benzene rings is 1. The van der Waals surface area contributed by atoms with E-state index in [0.717, 1.165) is 0 Å². The molecule has 7 rings (SSSR count). The van der Waals surface area contributed by atoms with Crippen LogP contribution >= 0.6 is 0 Å². The number of amides is 3. The summed E-state index contributed by atoms with van der Waals surface area (Å²) in [6.07, 6.45) is 2.01. The minimum absolute atomic E-state index is 0.0716. The van der Waals surface area contributed by atoms with Crippen LogP contribution in [0.5, 0.6) is 0 Å². The topological polar surface area (TPSA) is 159 Å². The molecule has 3 saturated heterocycles. The van der Waals surface area contributed by atoms with Crippen LogP contribution in [0.2, 0.25) is 0 Å². The molecular weight excluding hydrogens is 561 g/mol. The highest BCUT2D eigenvalue weighted by Crippen LogP contribution is 2.52. The van der Waals surface area contributed by atoms with E-state index in [9.17, 15) is 23.6 Å². The number of tetrazole rings is 1. The number of nitrogens with zero attached hydrogens (tertiary/aromatic N) is 8. The van der Waals surface area contributed by atoms with Gasteiger partial charge in [-0.3, -0.25) is 19.2 Å². The smallest absolute Gasteiger partial charge is 0.312 e. The Bertz CT molecular complexity index is 1500. The number of carbonyl (C=O) groups excluding carboxylic acids is 4.